The van der Waals surface area contributed by atoms with E-state index in [4.69, 9.17) is 0 Å². The first kappa shape index (κ1) is 13.2. The highest BCUT2D eigenvalue weighted by Crippen LogP contribution is 2.28. The third-order valence-electron chi connectivity index (χ3n) is 2.64. The molecule has 0 aliphatic carbocycles. The molecule has 1 atom stereocenters. The molecule has 14 heavy (non-hydrogen) atoms. The van der Waals surface area contributed by atoms with Crippen LogP contribution in [0.15, 0.2) is 12.2 Å². The highest BCUT2D eigenvalue weighted by molar-refractivity contribution is 5.70. The van der Waals surface area contributed by atoms with Crippen LogP contribution in [0.1, 0.15) is 34.1 Å². The summed E-state index contributed by atoms with van der Waals surface area (Å²) in [4.78, 5) is 11.2. The molecule has 2 heteroatoms. The van der Waals surface area contributed by atoms with Crippen LogP contribution in [0.3, 0.4) is 0 Å². The van der Waals surface area contributed by atoms with E-state index in [0.29, 0.717) is 18.3 Å². The summed E-state index contributed by atoms with van der Waals surface area (Å²) in [6.45, 7) is 12.5. The van der Waals surface area contributed by atoms with Crippen molar-refractivity contribution < 1.29 is 9.53 Å². The van der Waals surface area contributed by atoms with Gasteiger partial charge in [-0.1, -0.05) is 39.8 Å². The van der Waals surface area contributed by atoms with Gasteiger partial charge < -0.3 is 4.74 Å². The highest BCUT2D eigenvalue weighted by Gasteiger charge is 2.22. The lowest BCUT2D eigenvalue weighted by Gasteiger charge is -2.24. The predicted molar refractivity (Wildman–Crippen MR) is 58.9 cm³/mol. The van der Waals surface area contributed by atoms with Crippen molar-refractivity contribution in [3.8, 4) is 0 Å². The molecule has 82 valence electrons. The SMILES string of the molecule is C=C(C(C)C)[C@@H](CC(=O)OC)C(C)C. The number of methoxy groups -OCH3 is 1. The number of rotatable bonds is 5. The first-order chi connectivity index (χ1) is 6.40. The molecular weight excluding hydrogens is 176 g/mol. The van der Waals surface area contributed by atoms with E-state index < -0.39 is 0 Å². The van der Waals surface area contributed by atoms with Crippen LogP contribution in [0.2, 0.25) is 0 Å². The minimum atomic E-state index is -0.148. The van der Waals surface area contributed by atoms with Gasteiger partial charge in [0.2, 0.25) is 0 Å². The highest BCUT2D eigenvalue weighted by atomic mass is 16.5. The summed E-state index contributed by atoms with van der Waals surface area (Å²) in [7, 11) is 1.43. The quantitative estimate of drug-likeness (QED) is 0.501. The number of carbonyl (C=O) groups is 1. The zero-order chi connectivity index (χ0) is 11.3. The average molecular weight is 198 g/mol. The summed E-state index contributed by atoms with van der Waals surface area (Å²) in [6, 6.07) is 0. The van der Waals surface area contributed by atoms with E-state index in [2.05, 4.69) is 39.0 Å². The fourth-order valence-corrected chi connectivity index (χ4v) is 1.49. The molecule has 0 amide bonds. The van der Waals surface area contributed by atoms with Crippen LogP contribution in [0.25, 0.3) is 0 Å². The molecule has 2 nitrogen and oxygen atoms in total. The lowest BCUT2D eigenvalue weighted by atomic mass is 9.81. The van der Waals surface area contributed by atoms with Gasteiger partial charge in [0.25, 0.3) is 0 Å². The molecule has 0 fully saturated rings. The second-order valence-corrected chi connectivity index (χ2v) is 4.36. The van der Waals surface area contributed by atoms with Gasteiger partial charge >= 0.3 is 5.97 Å². The van der Waals surface area contributed by atoms with Gasteiger partial charge in [0.1, 0.15) is 0 Å². The number of ether oxygens (including phenoxy) is 1. The zero-order valence-electron chi connectivity index (χ0n) is 9.96. The molecule has 0 saturated heterocycles. The van der Waals surface area contributed by atoms with Crippen molar-refractivity contribution in [3.63, 3.8) is 0 Å². The Labute approximate surface area is 87.3 Å². The molecule has 0 aliphatic rings. The summed E-state index contributed by atoms with van der Waals surface area (Å²) < 4.78 is 4.68. The van der Waals surface area contributed by atoms with E-state index in [1.165, 1.54) is 7.11 Å². The maximum absolute atomic E-state index is 11.2. The standard InChI is InChI=1S/C12H22O2/c1-8(2)10(5)11(9(3)4)7-12(13)14-6/h8-9,11H,5,7H2,1-4,6H3/t11-/m0/s1. The Hall–Kier alpha value is -0.790. The monoisotopic (exact) mass is 198 g/mol. The van der Waals surface area contributed by atoms with Crippen molar-refractivity contribution in [2.24, 2.45) is 17.8 Å². The molecule has 0 saturated carbocycles. The molecule has 0 bridgehead atoms. The van der Waals surface area contributed by atoms with Crippen LogP contribution in [0.5, 0.6) is 0 Å². The zero-order valence-corrected chi connectivity index (χ0v) is 9.96. The third-order valence-corrected chi connectivity index (χ3v) is 2.64. The van der Waals surface area contributed by atoms with Gasteiger partial charge in [-0.25, -0.2) is 0 Å². The Morgan fingerprint density at radius 1 is 1.29 bits per heavy atom. The normalized spacial score (nSPS) is 13.1. The van der Waals surface area contributed by atoms with Crippen LogP contribution in [0, 0.1) is 17.8 Å². The molecule has 0 N–H and O–H groups in total. The van der Waals surface area contributed by atoms with Gasteiger partial charge in [-0.2, -0.15) is 0 Å². The van der Waals surface area contributed by atoms with Crippen molar-refractivity contribution >= 4 is 5.97 Å². The molecular formula is C12H22O2. The number of hydrogen-bond donors (Lipinski definition) is 0. The Morgan fingerprint density at radius 2 is 1.79 bits per heavy atom. The van der Waals surface area contributed by atoms with Crippen LogP contribution < -0.4 is 0 Å². The Kier molecular flexibility index (Phi) is 5.51. The molecule has 0 spiro atoms. The summed E-state index contributed by atoms with van der Waals surface area (Å²) >= 11 is 0. The van der Waals surface area contributed by atoms with Gasteiger partial charge in [-0.3, -0.25) is 4.79 Å². The molecule has 0 unspecified atom stereocenters. The van der Waals surface area contributed by atoms with Gasteiger partial charge in [-0.15, -0.1) is 0 Å². The maximum atomic E-state index is 11.2. The first-order valence-corrected chi connectivity index (χ1v) is 5.15. The molecule has 0 aromatic carbocycles. The average Bonchev–Trinajstić information content (AvgIpc) is 2.11. The first-order valence-electron chi connectivity index (χ1n) is 5.15. The van der Waals surface area contributed by atoms with Crippen LogP contribution in [0.4, 0.5) is 0 Å². The van der Waals surface area contributed by atoms with Crippen molar-refractivity contribution in [1.82, 2.24) is 0 Å². The minimum Gasteiger partial charge on any atom is -0.469 e. The van der Waals surface area contributed by atoms with E-state index in [1.54, 1.807) is 0 Å². The molecule has 0 aliphatic heterocycles. The van der Waals surface area contributed by atoms with Gasteiger partial charge in [0, 0.05) is 0 Å². The lowest BCUT2D eigenvalue weighted by molar-refractivity contribution is -0.141. The van der Waals surface area contributed by atoms with Crippen LogP contribution in [-0.4, -0.2) is 13.1 Å². The second-order valence-electron chi connectivity index (χ2n) is 4.36. The fraction of sp³-hybridized carbons (Fsp3) is 0.750. The summed E-state index contributed by atoms with van der Waals surface area (Å²) in [5.74, 6) is 0.948. The molecule has 0 aromatic heterocycles. The Bertz CT molecular complexity index is 204. The predicted octanol–water partition coefficient (Wildman–Crippen LogP) is 3.03. The molecule has 0 heterocycles. The lowest BCUT2D eigenvalue weighted by Crippen LogP contribution is -2.19. The Balaban J connectivity index is 4.45. The third kappa shape index (κ3) is 3.95. The molecule has 0 radical (unpaired) electrons. The van der Waals surface area contributed by atoms with Gasteiger partial charge in [0.15, 0.2) is 0 Å². The number of allylic oxidation sites excluding steroid dienone is 1. The van der Waals surface area contributed by atoms with E-state index in [9.17, 15) is 4.79 Å². The van der Waals surface area contributed by atoms with Crippen LogP contribution in [-0.2, 0) is 9.53 Å². The summed E-state index contributed by atoms with van der Waals surface area (Å²) in [5.41, 5.74) is 1.14. The largest absolute Gasteiger partial charge is 0.469 e. The van der Waals surface area contributed by atoms with Crippen molar-refractivity contribution in [1.29, 1.82) is 0 Å². The number of esters is 1. The number of carbonyl (C=O) groups excluding carboxylic acids is 1. The number of hydrogen-bond acceptors (Lipinski definition) is 2. The van der Waals surface area contributed by atoms with E-state index in [1.807, 2.05) is 0 Å². The van der Waals surface area contributed by atoms with E-state index >= 15 is 0 Å². The molecule has 0 aromatic rings. The Morgan fingerprint density at radius 3 is 2.07 bits per heavy atom. The topological polar surface area (TPSA) is 26.3 Å². The van der Waals surface area contributed by atoms with Crippen LogP contribution >= 0.6 is 0 Å². The summed E-state index contributed by atoms with van der Waals surface area (Å²) in [6.07, 6.45) is 0.450. The molecule has 0 rings (SSSR count). The fourth-order valence-electron chi connectivity index (χ4n) is 1.49. The summed E-state index contributed by atoms with van der Waals surface area (Å²) in [5, 5.41) is 0. The second kappa shape index (κ2) is 5.84. The smallest absolute Gasteiger partial charge is 0.306 e. The van der Waals surface area contributed by atoms with E-state index in [-0.39, 0.29) is 11.9 Å². The van der Waals surface area contributed by atoms with Crippen molar-refractivity contribution in [3.05, 3.63) is 12.2 Å². The van der Waals surface area contributed by atoms with Crippen molar-refractivity contribution in [2.45, 2.75) is 34.1 Å². The van der Waals surface area contributed by atoms with Gasteiger partial charge in [-0.05, 0) is 17.8 Å². The van der Waals surface area contributed by atoms with Gasteiger partial charge in [0.05, 0.1) is 13.5 Å². The maximum Gasteiger partial charge on any atom is 0.306 e. The van der Waals surface area contributed by atoms with Crippen molar-refractivity contribution in [2.75, 3.05) is 7.11 Å². The van der Waals surface area contributed by atoms with E-state index in [0.717, 1.165) is 5.57 Å². The minimum absolute atomic E-state index is 0.148.